The Hall–Kier alpha value is -3.23. The monoisotopic (exact) mass is 428 g/mol. The molecular weight excluding hydrogens is 400 g/mol. The van der Waals surface area contributed by atoms with Gasteiger partial charge < -0.3 is 25.2 Å². The Morgan fingerprint density at radius 3 is 2.06 bits per heavy atom. The fourth-order valence-electron chi connectivity index (χ4n) is 3.03. The topological polar surface area (TPSA) is 116 Å². The van der Waals surface area contributed by atoms with Crippen LogP contribution < -0.4 is 10.1 Å². The molecule has 3 N–H and O–H groups in total. The quantitative estimate of drug-likeness (QED) is 0.366. The first-order valence-electron chi connectivity index (χ1n) is 9.99. The van der Waals surface area contributed by atoms with E-state index in [-0.39, 0.29) is 6.61 Å². The van der Waals surface area contributed by atoms with E-state index in [1.165, 1.54) is 14.1 Å². The van der Waals surface area contributed by atoms with Crippen molar-refractivity contribution in [3.8, 4) is 16.9 Å². The van der Waals surface area contributed by atoms with Crippen LogP contribution in [0.5, 0.6) is 5.75 Å². The normalized spacial score (nSPS) is 11.5. The summed E-state index contributed by atoms with van der Waals surface area (Å²) in [6.07, 6.45) is 1.49. The number of carbonyl (C=O) groups excluding carboxylic acids is 3. The third kappa shape index (κ3) is 6.37. The number of unbranched alkanes of at least 4 members (excludes halogenated alkanes) is 1. The molecule has 0 spiro atoms. The second-order valence-corrected chi connectivity index (χ2v) is 6.94. The summed E-state index contributed by atoms with van der Waals surface area (Å²) in [5, 5.41) is 20.2. The molecule has 166 valence electrons. The molecule has 0 radical (unpaired) electrons. The second kappa shape index (κ2) is 11.8. The van der Waals surface area contributed by atoms with Crippen LogP contribution in [0.2, 0.25) is 0 Å². The standard InChI is InChI=1S/C23H28N2O6/c1-24-22(29)21(20(28)15-27)25(2)23(30)18-7-5-16(6-8-18)17-9-11-19(12-10-17)31-14-4-3-13-26/h5-12,21,26-27H,3-4,13-15H2,1-2H3,(H,24,29). The van der Waals surface area contributed by atoms with Gasteiger partial charge in [-0.15, -0.1) is 0 Å². The number of ether oxygens (including phenoxy) is 1. The lowest BCUT2D eigenvalue weighted by Crippen LogP contribution is -2.52. The Balaban J connectivity index is 2.09. The maximum absolute atomic E-state index is 12.7. The van der Waals surface area contributed by atoms with Gasteiger partial charge in [0.2, 0.25) is 5.91 Å². The average molecular weight is 428 g/mol. The third-order valence-corrected chi connectivity index (χ3v) is 4.80. The molecule has 1 atom stereocenters. The van der Waals surface area contributed by atoms with Crippen LogP contribution in [-0.4, -0.2) is 72.7 Å². The minimum Gasteiger partial charge on any atom is -0.494 e. The Morgan fingerprint density at radius 2 is 1.55 bits per heavy atom. The van der Waals surface area contributed by atoms with Gasteiger partial charge in [0.1, 0.15) is 12.4 Å². The van der Waals surface area contributed by atoms with Crippen molar-refractivity contribution in [2.24, 2.45) is 0 Å². The molecule has 0 aromatic heterocycles. The molecule has 0 saturated carbocycles. The molecule has 0 aliphatic heterocycles. The number of nitrogens with zero attached hydrogens (tertiary/aromatic N) is 1. The molecule has 2 amide bonds. The number of carbonyl (C=O) groups is 3. The van der Waals surface area contributed by atoms with Crippen molar-refractivity contribution in [3.63, 3.8) is 0 Å². The smallest absolute Gasteiger partial charge is 0.254 e. The van der Waals surface area contributed by atoms with Crippen LogP contribution in [0, 0.1) is 0 Å². The Morgan fingerprint density at radius 1 is 0.968 bits per heavy atom. The first-order chi connectivity index (χ1) is 14.9. The lowest BCUT2D eigenvalue weighted by molar-refractivity contribution is -0.135. The van der Waals surface area contributed by atoms with Gasteiger partial charge >= 0.3 is 0 Å². The fourth-order valence-corrected chi connectivity index (χ4v) is 3.03. The van der Waals surface area contributed by atoms with E-state index in [1.54, 1.807) is 24.3 Å². The van der Waals surface area contributed by atoms with Gasteiger partial charge in [0, 0.05) is 26.3 Å². The highest BCUT2D eigenvalue weighted by atomic mass is 16.5. The molecular formula is C23H28N2O6. The number of hydrogen-bond acceptors (Lipinski definition) is 6. The molecule has 0 bridgehead atoms. The number of amides is 2. The minimum absolute atomic E-state index is 0.154. The van der Waals surface area contributed by atoms with E-state index in [0.29, 0.717) is 18.6 Å². The summed E-state index contributed by atoms with van der Waals surface area (Å²) in [6, 6.07) is 12.9. The fraction of sp³-hybridized carbons (Fsp3) is 0.348. The number of aliphatic hydroxyl groups is 2. The number of rotatable bonds is 11. The van der Waals surface area contributed by atoms with Gasteiger partial charge in [0.15, 0.2) is 11.8 Å². The number of likely N-dealkylation sites (N-methyl/N-ethyl adjacent to an activating group) is 2. The molecule has 2 aromatic carbocycles. The molecule has 8 nitrogen and oxygen atoms in total. The molecule has 0 fully saturated rings. The number of nitrogens with one attached hydrogen (secondary N) is 1. The number of hydrogen-bond donors (Lipinski definition) is 3. The minimum atomic E-state index is -1.40. The highest BCUT2D eigenvalue weighted by Crippen LogP contribution is 2.23. The number of ketones is 1. The predicted octanol–water partition coefficient (Wildman–Crippen LogP) is 1.25. The van der Waals surface area contributed by atoms with Crippen molar-refractivity contribution in [2.75, 3.05) is 33.9 Å². The molecule has 8 heteroatoms. The van der Waals surface area contributed by atoms with Crippen LogP contribution in [0.25, 0.3) is 11.1 Å². The van der Waals surface area contributed by atoms with E-state index in [9.17, 15) is 14.4 Å². The molecule has 2 aromatic rings. The average Bonchev–Trinajstić information content (AvgIpc) is 2.81. The SMILES string of the molecule is CNC(=O)C(C(=O)CO)N(C)C(=O)c1ccc(-c2ccc(OCCCCO)cc2)cc1. The zero-order chi connectivity index (χ0) is 22.8. The van der Waals surface area contributed by atoms with E-state index in [0.717, 1.165) is 28.2 Å². The number of benzene rings is 2. The van der Waals surface area contributed by atoms with Crippen molar-refractivity contribution in [1.82, 2.24) is 10.2 Å². The van der Waals surface area contributed by atoms with Gasteiger partial charge in [-0.05, 0) is 48.2 Å². The maximum atomic E-state index is 12.7. The van der Waals surface area contributed by atoms with Gasteiger partial charge in [0.05, 0.1) is 6.61 Å². The van der Waals surface area contributed by atoms with Crippen molar-refractivity contribution >= 4 is 17.6 Å². The molecule has 0 heterocycles. The maximum Gasteiger partial charge on any atom is 0.254 e. The molecule has 0 saturated heterocycles. The second-order valence-electron chi connectivity index (χ2n) is 6.94. The number of Topliss-reactive ketones (excluding diaryl/α,β-unsaturated/α-hetero) is 1. The summed E-state index contributed by atoms with van der Waals surface area (Å²) in [5.74, 6) is -1.19. The van der Waals surface area contributed by atoms with Gasteiger partial charge in [0.25, 0.3) is 5.91 Å². The summed E-state index contributed by atoms with van der Waals surface area (Å²) >= 11 is 0. The first kappa shape index (κ1) is 24.0. The van der Waals surface area contributed by atoms with Crippen molar-refractivity contribution in [3.05, 3.63) is 54.1 Å². The Labute approximate surface area is 181 Å². The van der Waals surface area contributed by atoms with Crippen LogP contribution in [0.15, 0.2) is 48.5 Å². The first-order valence-corrected chi connectivity index (χ1v) is 9.99. The molecule has 31 heavy (non-hydrogen) atoms. The van der Waals surface area contributed by atoms with Crippen LogP contribution in [0.1, 0.15) is 23.2 Å². The van der Waals surface area contributed by atoms with Gasteiger partial charge in [-0.3, -0.25) is 14.4 Å². The molecule has 0 aliphatic rings. The van der Waals surface area contributed by atoms with Crippen molar-refractivity contribution < 1.29 is 29.3 Å². The summed E-state index contributed by atoms with van der Waals surface area (Å²) in [7, 11) is 2.71. The Bertz CT molecular complexity index is 864. The van der Waals surface area contributed by atoms with E-state index in [2.05, 4.69) is 5.32 Å². The van der Waals surface area contributed by atoms with E-state index >= 15 is 0 Å². The molecule has 0 aliphatic carbocycles. The van der Waals surface area contributed by atoms with Crippen molar-refractivity contribution in [1.29, 1.82) is 0 Å². The lowest BCUT2D eigenvalue weighted by atomic mass is 10.0. The van der Waals surface area contributed by atoms with E-state index in [1.807, 2.05) is 24.3 Å². The highest BCUT2D eigenvalue weighted by Gasteiger charge is 2.32. The van der Waals surface area contributed by atoms with E-state index < -0.39 is 30.2 Å². The highest BCUT2D eigenvalue weighted by molar-refractivity contribution is 6.10. The molecule has 2 rings (SSSR count). The van der Waals surface area contributed by atoms with Crippen molar-refractivity contribution in [2.45, 2.75) is 18.9 Å². The lowest BCUT2D eigenvalue weighted by Gasteiger charge is -2.25. The van der Waals surface area contributed by atoms with Crippen LogP contribution in [-0.2, 0) is 9.59 Å². The number of aliphatic hydroxyl groups excluding tert-OH is 2. The van der Waals surface area contributed by atoms with Crippen LogP contribution >= 0.6 is 0 Å². The van der Waals surface area contributed by atoms with Gasteiger partial charge in [-0.1, -0.05) is 24.3 Å². The van der Waals surface area contributed by atoms with Gasteiger partial charge in [-0.2, -0.15) is 0 Å². The van der Waals surface area contributed by atoms with E-state index in [4.69, 9.17) is 14.9 Å². The summed E-state index contributed by atoms with van der Waals surface area (Å²) in [4.78, 5) is 37.7. The van der Waals surface area contributed by atoms with Crippen LogP contribution in [0.4, 0.5) is 0 Å². The molecule has 1 unspecified atom stereocenters. The largest absolute Gasteiger partial charge is 0.494 e. The zero-order valence-electron chi connectivity index (χ0n) is 17.7. The Kier molecular flexibility index (Phi) is 9.17. The predicted molar refractivity (Wildman–Crippen MR) is 116 cm³/mol. The summed E-state index contributed by atoms with van der Waals surface area (Å²) < 4.78 is 5.62. The third-order valence-electron chi connectivity index (χ3n) is 4.80. The van der Waals surface area contributed by atoms with Crippen LogP contribution in [0.3, 0.4) is 0 Å². The van der Waals surface area contributed by atoms with Gasteiger partial charge in [-0.25, -0.2) is 0 Å². The summed E-state index contributed by atoms with van der Waals surface area (Å²) in [6.45, 7) is -0.142. The summed E-state index contributed by atoms with van der Waals surface area (Å²) in [5.41, 5.74) is 2.14. The zero-order valence-corrected chi connectivity index (χ0v) is 17.7.